The molecule has 0 rings (SSSR count). The van der Waals surface area contributed by atoms with Gasteiger partial charge in [-0.2, -0.15) is 0 Å². The maximum Gasteiger partial charge on any atom is 0.208 e. The first-order valence-electron chi connectivity index (χ1n) is 3.21. The molecule has 6 heteroatoms. The summed E-state index contributed by atoms with van der Waals surface area (Å²) < 4.78 is 23.2. The van der Waals surface area contributed by atoms with Crippen LogP contribution in [0.4, 0.5) is 0 Å². The quantitative estimate of drug-likeness (QED) is 0.480. The van der Waals surface area contributed by atoms with Crippen molar-refractivity contribution in [2.75, 3.05) is 12.8 Å². The van der Waals surface area contributed by atoms with Crippen LogP contribution < -0.4 is 10.5 Å². The van der Waals surface area contributed by atoms with Crippen LogP contribution in [0.1, 0.15) is 6.92 Å². The summed E-state index contributed by atoms with van der Waals surface area (Å²) in [7, 11) is -3.19. The highest BCUT2D eigenvalue weighted by Crippen LogP contribution is 1.86. The fourth-order valence-corrected chi connectivity index (χ4v) is 0.913. The highest BCUT2D eigenvalue weighted by molar-refractivity contribution is 7.88. The standard InChI is InChI=1S/C5H14N2O3S/c1-4(8)5(6)3-7-11(2,9)10/h4-5,7-8H,3,6H2,1-2H3. The Balaban J connectivity index is 3.72. The van der Waals surface area contributed by atoms with E-state index in [1.54, 1.807) is 0 Å². The number of hydrogen-bond acceptors (Lipinski definition) is 4. The number of hydrogen-bond donors (Lipinski definition) is 3. The maximum absolute atomic E-state index is 10.5. The van der Waals surface area contributed by atoms with Crippen molar-refractivity contribution in [3.8, 4) is 0 Å². The van der Waals surface area contributed by atoms with Crippen molar-refractivity contribution in [1.82, 2.24) is 4.72 Å². The van der Waals surface area contributed by atoms with E-state index >= 15 is 0 Å². The van der Waals surface area contributed by atoms with Crippen LogP contribution in [0.2, 0.25) is 0 Å². The number of aliphatic hydroxyl groups excluding tert-OH is 1. The monoisotopic (exact) mass is 182 g/mol. The Labute approximate surface area is 66.6 Å². The van der Waals surface area contributed by atoms with Crippen LogP contribution in [0.25, 0.3) is 0 Å². The summed E-state index contributed by atoms with van der Waals surface area (Å²) in [5.74, 6) is 0. The molecule has 2 unspecified atom stereocenters. The van der Waals surface area contributed by atoms with E-state index in [0.717, 1.165) is 6.26 Å². The van der Waals surface area contributed by atoms with Gasteiger partial charge in [0.25, 0.3) is 0 Å². The molecule has 0 spiro atoms. The van der Waals surface area contributed by atoms with Crippen LogP contribution in [0.5, 0.6) is 0 Å². The van der Waals surface area contributed by atoms with Crippen LogP contribution >= 0.6 is 0 Å². The molecule has 0 bridgehead atoms. The molecule has 0 aliphatic carbocycles. The number of nitrogens with two attached hydrogens (primary N) is 1. The second-order valence-corrected chi connectivity index (χ2v) is 4.36. The minimum atomic E-state index is -3.19. The fraction of sp³-hybridized carbons (Fsp3) is 1.00. The van der Waals surface area contributed by atoms with Gasteiger partial charge >= 0.3 is 0 Å². The molecule has 0 radical (unpaired) electrons. The molecule has 11 heavy (non-hydrogen) atoms. The molecule has 0 amide bonds. The van der Waals surface area contributed by atoms with Crippen LogP contribution in [-0.4, -0.2) is 38.5 Å². The average Bonchev–Trinajstić information content (AvgIpc) is 1.80. The molecule has 2 atom stereocenters. The molecule has 0 fully saturated rings. The third-order valence-corrected chi connectivity index (χ3v) is 1.89. The zero-order chi connectivity index (χ0) is 9.07. The van der Waals surface area contributed by atoms with Gasteiger partial charge in [0.15, 0.2) is 0 Å². The first kappa shape index (κ1) is 10.8. The SMILES string of the molecule is CC(O)C(N)CNS(C)(=O)=O. The van der Waals surface area contributed by atoms with Crippen LogP contribution in [0, 0.1) is 0 Å². The predicted octanol–water partition coefficient (Wildman–Crippen LogP) is -1.76. The van der Waals surface area contributed by atoms with Gasteiger partial charge in [0.1, 0.15) is 0 Å². The molecule has 0 aromatic heterocycles. The first-order valence-corrected chi connectivity index (χ1v) is 5.10. The normalized spacial score (nSPS) is 17.8. The number of rotatable bonds is 4. The largest absolute Gasteiger partial charge is 0.392 e. The van der Waals surface area contributed by atoms with Gasteiger partial charge in [0.05, 0.1) is 12.4 Å². The van der Waals surface area contributed by atoms with Crippen molar-refractivity contribution < 1.29 is 13.5 Å². The number of nitrogens with one attached hydrogen (secondary N) is 1. The molecule has 4 N–H and O–H groups in total. The van der Waals surface area contributed by atoms with Gasteiger partial charge in [-0.25, -0.2) is 13.1 Å². The molecule has 0 heterocycles. The molecule has 0 aliphatic rings. The summed E-state index contributed by atoms with van der Waals surface area (Å²) in [5, 5.41) is 8.86. The number of sulfonamides is 1. The molecule has 5 nitrogen and oxygen atoms in total. The summed E-state index contributed by atoms with van der Waals surface area (Å²) in [6.45, 7) is 1.57. The van der Waals surface area contributed by atoms with Crippen LogP contribution in [0.15, 0.2) is 0 Å². The Kier molecular flexibility index (Phi) is 3.95. The van der Waals surface area contributed by atoms with Gasteiger partial charge in [0, 0.05) is 12.6 Å². The number of aliphatic hydroxyl groups is 1. The Hall–Kier alpha value is -0.170. The van der Waals surface area contributed by atoms with Gasteiger partial charge in [-0.3, -0.25) is 0 Å². The lowest BCUT2D eigenvalue weighted by Crippen LogP contribution is -2.43. The van der Waals surface area contributed by atoms with Gasteiger partial charge in [-0.1, -0.05) is 0 Å². The van der Waals surface area contributed by atoms with Crippen molar-refractivity contribution in [2.24, 2.45) is 5.73 Å². The lowest BCUT2D eigenvalue weighted by atomic mass is 10.2. The first-order chi connectivity index (χ1) is 4.83. The van der Waals surface area contributed by atoms with E-state index in [1.165, 1.54) is 6.92 Å². The van der Waals surface area contributed by atoms with Crippen LogP contribution in [-0.2, 0) is 10.0 Å². The smallest absolute Gasteiger partial charge is 0.208 e. The molecule has 0 aromatic carbocycles. The topological polar surface area (TPSA) is 92.4 Å². The molecule has 0 aromatic rings. The molecule has 0 saturated heterocycles. The Bertz CT molecular complexity index is 200. The lowest BCUT2D eigenvalue weighted by Gasteiger charge is -2.13. The van der Waals surface area contributed by atoms with E-state index in [9.17, 15) is 8.42 Å². The van der Waals surface area contributed by atoms with E-state index in [4.69, 9.17) is 10.8 Å². The maximum atomic E-state index is 10.5. The summed E-state index contributed by atoms with van der Waals surface area (Å²) >= 11 is 0. The summed E-state index contributed by atoms with van der Waals surface area (Å²) in [5.41, 5.74) is 5.35. The Morgan fingerprint density at radius 1 is 1.64 bits per heavy atom. The Morgan fingerprint density at radius 2 is 2.09 bits per heavy atom. The van der Waals surface area contributed by atoms with Gasteiger partial charge in [-0.15, -0.1) is 0 Å². The second kappa shape index (κ2) is 4.01. The Morgan fingerprint density at radius 3 is 2.36 bits per heavy atom. The summed E-state index contributed by atoms with van der Waals surface area (Å²) in [6, 6.07) is -0.551. The zero-order valence-electron chi connectivity index (χ0n) is 6.61. The third-order valence-electron chi connectivity index (χ3n) is 1.20. The van der Waals surface area contributed by atoms with Crippen molar-refractivity contribution in [2.45, 2.75) is 19.1 Å². The molecular formula is C5H14N2O3S. The van der Waals surface area contributed by atoms with Crippen molar-refractivity contribution in [3.63, 3.8) is 0 Å². The van der Waals surface area contributed by atoms with Crippen molar-refractivity contribution >= 4 is 10.0 Å². The average molecular weight is 182 g/mol. The fourth-order valence-electron chi connectivity index (χ4n) is 0.418. The van der Waals surface area contributed by atoms with Gasteiger partial charge in [-0.05, 0) is 6.92 Å². The minimum Gasteiger partial charge on any atom is -0.392 e. The van der Waals surface area contributed by atoms with E-state index < -0.39 is 22.2 Å². The summed E-state index contributed by atoms with van der Waals surface area (Å²) in [6.07, 6.45) is 0.339. The van der Waals surface area contributed by atoms with Crippen molar-refractivity contribution in [1.29, 1.82) is 0 Å². The third kappa shape index (κ3) is 6.24. The van der Waals surface area contributed by atoms with Gasteiger partial charge in [0.2, 0.25) is 10.0 Å². The van der Waals surface area contributed by atoms with Gasteiger partial charge < -0.3 is 10.8 Å². The molecule has 0 aliphatic heterocycles. The molecular weight excluding hydrogens is 168 g/mol. The molecule has 0 saturated carbocycles. The summed E-state index contributed by atoms with van der Waals surface area (Å²) in [4.78, 5) is 0. The second-order valence-electron chi connectivity index (χ2n) is 2.53. The zero-order valence-corrected chi connectivity index (χ0v) is 7.43. The highest BCUT2D eigenvalue weighted by Gasteiger charge is 2.10. The van der Waals surface area contributed by atoms with Crippen molar-refractivity contribution in [3.05, 3.63) is 0 Å². The van der Waals surface area contributed by atoms with E-state index in [-0.39, 0.29) is 6.54 Å². The van der Waals surface area contributed by atoms with Crippen LogP contribution in [0.3, 0.4) is 0 Å². The van der Waals surface area contributed by atoms with E-state index in [0.29, 0.717) is 0 Å². The van der Waals surface area contributed by atoms with E-state index in [2.05, 4.69) is 4.72 Å². The lowest BCUT2D eigenvalue weighted by molar-refractivity contribution is 0.165. The molecule has 68 valence electrons. The highest BCUT2D eigenvalue weighted by atomic mass is 32.2. The minimum absolute atomic E-state index is 0.0660. The predicted molar refractivity (Wildman–Crippen MR) is 42.5 cm³/mol. The van der Waals surface area contributed by atoms with E-state index in [1.807, 2.05) is 0 Å².